The zero-order valence-corrected chi connectivity index (χ0v) is 37.0. The summed E-state index contributed by atoms with van der Waals surface area (Å²) in [5.41, 5.74) is -1.96. The highest BCUT2D eigenvalue weighted by atomic mass is 32.2. The lowest BCUT2D eigenvalue weighted by Crippen LogP contribution is -2.49. The van der Waals surface area contributed by atoms with Crippen molar-refractivity contribution in [1.29, 1.82) is 0 Å². The molecule has 7 rings (SSSR count). The average Bonchev–Trinajstić information content (AvgIpc) is 4.09. The first kappa shape index (κ1) is 45.8. The Morgan fingerprint density at radius 3 is 2.46 bits per heavy atom. The normalized spacial score (nSPS) is 26.3. The van der Waals surface area contributed by atoms with Gasteiger partial charge < -0.3 is 19.3 Å². The van der Waals surface area contributed by atoms with Crippen molar-refractivity contribution in [3.8, 4) is 0 Å². The van der Waals surface area contributed by atoms with Gasteiger partial charge in [-0.3, -0.25) is 34.0 Å². The summed E-state index contributed by atoms with van der Waals surface area (Å²) in [7, 11) is -8.71. The Balaban J connectivity index is 1.25. The van der Waals surface area contributed by atoms with Gasteiger partial charge in [0.1, 0.15) is 17.5 Å². The van der Waals surface area contributed by atoms with Crippen molar-refractivity contribution in [3.63, 3.8) is 0 Å². The van der Waals surface area contributed by atoms with Gasteiger partial charge in [-0.1, -0.05) is 36.4 Å². The maximum absolute atomic E-state index is 15.1. The summed E-state index contributed by atoms with van der Waals surface area (Å²) in [6.07, 6.45) is 2.62. The van der Waals surface area contributed by atoms with Crippen LogP contribution < -0.4 is 4.72 Å². The van der Waals surface area contributed by atoms with E-state index < -0.39 is 125 Å². The Kier molecular flexibility index (Phi) is 12.7. The first-order chi connectivity index (χ1) is 29.6. The van der Waals surface area contributed by atoms with Crippen LogP contribution in [0.15, 0.2) is 72.0 Å². The highest BCUT2D eigenvalue weighted by molar-refractivity contribution is 7.91. The number of nitrogens with zero attached hydrogens (tertiary/aromatic N) is 4. The van der Waals surface area contributed by atoms with Crippen molar-refractivity contribution in [2.75, 3.05) is 19.6 Å². The number of amides is 2. The molecule has 0 bridgehead atoms. The molecule has 17 nitrogen and oxygen atoms in total. The molecule has 3 fully saturated rings. The van der Waals surface area contributed by atoms with Crippen LogP contribution in [0.4, 0.5) is 10.1 Å². The van der Waals surface area contributed by atoms with Gasteiger partial charge in [0.2, 0.25) is 31.9 Å². The number of para-hydroxylation sites is 1. The number of nitrogens with one attached hydrogen (secondary N) is 1. The lowest BCUT2D eigenvalue weighted by Gasteiger charge is -2.32. The minimum Gasteiger partial charge on any atom is -0.474 e. The van der Waals surface area contributed by atoms with Crippen LogP contribution in [-0.4, -0.2) is 102 Å². The number of nitro benzene ring substituents is 1. The van der Waals surface area contributed by atoms with E-state index in [2.05, 4.69) is 11.3 Å². The number of ketones is 1. The summed E-state index contributed by atoms with van der Waals surface area (Å²) in [6.45, 7) is 8.22. The van der Waals surface area contributed by atoms with E-state index >= 15 is 4.79 Å². The zero-order chi connectivity index (χ0) is 45.6. The summed E-state index contributed by atoms with van der Waals surface area (Å²) >= 11 is 0. The van der Waals surface area contributed by atoms with E-state index in [1.807, 2.05) is 0 Å². The fraction of sp³-hybridized carbons (Fsp3) is 0.535. The van der Waals surface area contributed by atoms with Crippen LogP contribution in [0.3, 0.4) is 0 Å². The van der Waals surface area contributed by atoms with Gasteiger partial charge in [0.15, 0.2) is 16.6 Å². The van der Waals surface area contributed by atoms with Gasteiger partial charge in [0.05, 0.1) is 40.5 Å². The number of carbonyl (C=O) groups is 4. The Morgan fingerprint density at radius 2 is 1.78 bits per heavy atom. The predicted molar refractivity (Wildman–Crippen MR) is 224 cm³/mol. The number of ether oxygens (including phenoxy) is 2. The third kappa shape index (κ3) is 9.97. The second kappa shape index (κ2) is 17.4. The molecular weight excluding hydrogens is 862 g/mol. The number of esters is 1. The van der Waals surface area contributed by atoms with E-state index in [1.165, 1.54) is 23.1 Å². The number of nitro groups is 1. The smallest absolute Gasteiger partial charge is 0.307 e. The van der Waals surface area contributed by atoms with Gasteiger partial charge in [0, 0.05) is 50.7 Å². The molecule has 2 saturated carbocycles. The van der Waals surface area contributed by atoms with Crippen LogP contribution in [0.5, 0.6) is 0 Å². The second-order valence-corrected chi connectivity index (χ2v) is 21.9. The molecule has 0 radical (unpaired) electrons. The molecule has 5 atom stereocenters. The van der Waals surface area contributed by atoms with E-state index in [1.54, 1.807) is 50.0 Å². The Morgan fingerprint density at radius 1 is 1.05 bits per heavy atom. The average molecular weight is 914 g/mol. The molecule has 63 heavy (non-hydrogen) atoms. The molecule has 0 spiro atoms. The Hall–Kier alpha value is -5.21. The van der Waals surface area contributed by atoms with Crippen LogP contribution in [0, 0.1) is 33.2 Å². The number of benzene rings is 2. The fourth-order valence-corrected chi connectivity index (χ4v) is 11.8. The van der Waals surface area contributed by atoms with Crippen LogP contribution in [-0.2, 0) is 61.8 Å². The molecule has 2 amide bonds. The summed E-state index contributed by atoms with van der Waals surface area (Å²) in [6, 6.07) is 8.22. The molecule has 2 aliphatic carbocycles. The number of rotatable bonds is 11. The standard InChI is InChI=1S/C43H52FN5O12S2/c1-27(46-23-28-11-10-13-34(44)33(28)26-46)60-31-20-36-37(50)22-43(41(53)45-62(56,57)32-16-17-32)21-30(43)12-6-5-9-18-47(63(58,59)38-15-8-7-14-35(38)49(54)55)24-29(40(52)48(36)25-31)19-39(51)61-42(2,3)4/h6-8,10-15,29-32,36H,1,5,9,16-26H2,2-4H3,(H,45,53)/b12-6-/t29-,30+,31?,36-,43+/m0/s1. The number of hydrogen-bond donors (Lipinski definition) is 1. The van der Waals surface area contributed by atoms with Crippen molar-refractivity contribution in [3.05, 3.63) is 94.1 Å². The van der Waals surface area contributed by atoms with E-state index in [-0.39, 0.29) is 57.7 Å². The van der Waals surface area contributed by atoms with Gasteiger partial charge in [-0.05, 0) is 83.1 Å². The van der Waals surface area contributed by atoms with E-state index in [0.717, 1.165) is 22.0 Å². The third-order valence-electron chi connectivity index (χ3n) is 12.2. The molecule has 1 unspecified atom stereocenters. The second-order valence-electron chi connectivity index (χ2n) is 18.0. The van der Waals surface area contributed by atoms with Gasteiger partial charge in [0.25, 0.3) is 5.69 Å². The van der Waals surface area contributed by atoms with Gasteiger partial charge in [-0.25, -0.2) is 21.2 Å². The number of allylic oxidation sites excluding steroid dienone is 2. The molecular formula is C43H52FN5O12S2. The zero-order valence-electron chi connectivity index (χ0n) is 35.4. The molecule has 340 valence electrons. The van der Waals surface area contributed by atoms with Crippen molar-refractivity contribution < 1.29 is 54.8 Å². The SMILES string of the molecule is C=C(OC1C[C@H]2C(=O)C[C@]3(C(=O)NS(=O)(=O)C4CC4)C[C@H]3/C=C\CCCN(S(=O)(=O)c3ccccc3[N+](=O)[O-])C[C@H](CC(=O)OC(C)(C)C)C(=O)N2C1)N1Cc2cccc(F)c2C1. The number of Topliss-reactive ketones (excluding diaryl/α,β-unsaturated/α-hetero) is 1. The molecule has 2 aromatic rings. The summed E-state index contributed by atoms with van der Waals surface area (Å²) in [5.74, 6) is -5.38. The third-order valence-corrected chi connectivity index (χ3v) is 15.9. The molecule has 1 saturated heterocycles. The quantitative estimate of drug-likeness (QED) is 0.108. The minimum absolute atomic E-state index is 0.116. The first-order valence-electron chi connectivity index (χ1n) is 21.0. The number of sulfonamides is 2. The molecule has 1 N–H and O–H groups in total. The molecule has 3 aliphatic heterocycles. The van der Waals surface area contributed by atoms with Gasteiger partial charge in [-0.2, -0.15) is 4.31 Å². The van der Waals surface area contributed by atoms with Crippen molar-refractivity contribution in [2.24, 2.45) is 17.3 Å². The highest BCUT2D eigenvalue weighted by Gasteiger charge is 2.62. The van der Waals surface area contributed by atoms with Crippen molar-refractivity contribution >= 4 is 49.3 Å². The largest absolute Gasteiger partial charge is 0.474 e. The summed E-state index contributed by atoms with van der Waals surface area (Å²) in [5, 5.41) is 11.3. The molecule has 0 aromatic heterocycles. The van der Waals surface area contributed by atoms with Crippen LogP contribution in [0.1, 0.15) is 83.3 Å². The Bertz CT molecular complexity index is 2470. The van der Waals surface area contributed by atoms with Crippen molar-refractivity contribution in [2.45, 2.75) is 113 Å². The molecule has 20 heteroatoms. The Labute approximate surface area is 365 Å². The van der Waals surface area contributed by atoms with Crippen LogP contribution in [0.25, 0.3) is 0 Å². The minimum atomic E-state index is -4.72. The summed E-state index contributed by atoms with van der Waals surface area (Å²) < 4.78 is 84.5. The van der Waals surface area contributed by atoms with Crippen molar-refractivity contribution in [1.82, 2.24) is 18.8 Å². The van der Waals surface area contributed by atoms with E-state index in [0.29, 0.717) is 18.4 Å². The molecule has 3 heterocycles. The first-order valence-corrected chi connectivity index (χ1v) is 24.0. The lowest BCUT2D eigenvalue weighted by atomic mass is 9.91. The van der Waals surface area contributed by atoms with Gasteiger partial charge >= 0.3 is 5.97 Å². The van der Waals surface area contributed by atoms with E-state index in [4.69, 9.17) is 9.47 Å². The maximum atomic E-state index is 15.1. The number of fused-ring (bicyclic) bond motifs is 3. The lowest BCUT2D eigenvalue weighted by molar-refractivity contribution is -0.387. The maximum Gasteiger partial charge on any atom is 0.307 e. The number of carbonyl (C=O) groups excluding carboxylic acids is 4. The molecule has 5 aliphatic rings. The monoisotopic (exact) mass is 913 g/mol. The van der Waals surface area contributed by atoms with Crippen LogP contribution >= 0.6 is 0 Å². The van der Waals surface area contributed by atoms with Crippen LogP contribution in [0.2, 0.25) is 0 Å². The fourth-order valence-electron chi connectivity index (χ4n) is 8.72. The molecule has 2 aromatic carbocycles. The van der Waals surface area contributed by atoms with E-state index in [9.17, 15) is 45.7 Å². The highest BCUT2D eigenvalue weighted by Crippen LogP contribution is 2.57. The van der Waals surface area contributed by atoms with Gasteiger partial charge in [-0.15, -0.1) is 0 Å². The summed E-state index contributed by atoms with van der Waals surface area (Å²) in [4.78, 5) is 70.8. The number of halogens is 1. The topological polar surface area (TPSA) is 220 Å². The predicted octanol–water partition coefficient (Wildman–Crippen LogP) is 4.47. The number of hydrogen-bond acceptors (Lipinski definition) is 13.